The van der Waals surface area contributed by atoms with Gasteiger partial charge in [-0.1, -0.05) is 37.8 Å². The van der Waals surface area contributed by atoms with E-state index < -0.39 is 0 Å². The lowest BCUT2D eigenvalue weighted by atomic mass is 9.92. The molecule has 1 fully saturated rings. The molecule has 1 aliphatic carbocycles. The van der Waals surface area contributed by atoms with E-state index in [0.29, 0.717) is 5.92 Å². The fourth-order valence-corrected chi connectivity index (χ4v) is 2.98. The summed E-state index contributed by atoms with van der Waals surface area (Å²) in [6, 6.07) is 7.98. The van der Waals surface area contributed by atoms with Crippen LogP contribution in [0.2, 0.25) is 0 Å². The Labute approximate surface area is 112 Å². The Kier molecular flexibility index (Phi) is 4.86. The first-order valence-corrected chi connectivity index (χ1v) is 7.18. The van der Waals surface area contributed by atoms with Crippen LogP contribution in [0.5, 0.6) is 5.75 Å². The van der Waals surface area contributed by atoms with Gasteiger partial charge in [-0.25, -0.2) is 0 Å². The van der Waals surface area contributed by atoms with Gasteiger partial charge in [-0.15, -0.1) is 0 Å². The lowest BCUT2D eigenvalue weighted by Gasteiger charge is -2.22. The van der Waals surface area contributed by atoms with Gasteiger partial charge in [-0.05, 0) is 40.5 Å². The molecule has 0 aliphatic heterocycles. The van der Waals surface area contributed by atoms with Gasteiger partial charge in [0.05, 0.1) is 11.1 Å². The summed E-state index contributed by atoms with van der Waals surface area (Å²) in [6.07, 6.45) is 5.36. The third-order valence-electron chi connectivity index (χ3n) is 3.66. The molecule has 0 amide bonds. The summed E-state index contributed by atoms with van der Waals surface area (Å²) in [6.45, 7) is 1.47. The van der Waals surface area contributed by atoms with Crippen LogP contribution in [-0.4, -0.2) is 13.2 Å². The molecule has 0 aromatic heterocycles. The minimum Gasteiger partial charge on any atom is -0.492 e. The highest BCUT2D eigenvalue weighted by molar-refractivity contribution is 9.10. The van der Waals surface area contributed by atoms with Crippen molar-refractivity contribution >= 4 is 15.9 Å². The second-order valence-corrected chi connectivity index (χ2v) is 5.64. The monoisotopic (exact) mass is 297 g/mol. The van der Waals surface area contributed by atoms with Gasteiger partial charge in [0.15, 0.2) is 0 Å². The Morgan fingerprint density at radius 1 is 1.29 bits per heavy atom. The molecule has 1 saturated carbocycles. The minimum atomic E-state index is 0.504. The SMILES string of the molecule is NCC(COc1ccccc1Br)C1CCCC1. The normalized spacial score (nSPS) is 18.2. The zero-order chi connectivity index (χ0) is 12.1. The molecule has 1 unspecified atom stereocenters. The molecule has 0 saturated heterocycles. The summed E-state index contributed by atoms with van der Waals surface area (Å²) >= 11 is 3.50. The highest BCUT2D eigenvalue weighted by atomic mass is 79.9. The molecule has 0 spiro atoms. The predicted octanol–water partition coefficient (Wildman–Crippen LogP) is 3.59. The number of halogens is 1. The molecular weight excluding hydrogens is 278 g/mol. The second kappa shape index (κ2) is 6.41. The van der Waals surface area contributed by atoms with Crippen LogP contribution in [0.3, 0.4) is 0 Å². The number of hydrogen-bond donors (Lipinski definition) is 1. The van der Waals surface area contributed by atoms with Crippen molar-refractivity contribution in [2.75, 3.05) is 13.2 Å². The number of hydrogen-bond acceptors (Lipinski definition) is 2. The van der Waals surface area contributed by atoms with E-state index in [-0.39, 0.29) is 0 Å². The lowest BCUT2D eigenvalue weighted by Crippen LogP contribution is -2.27. The molecule has 1 aromatic carbocycles. The lowest BCUT2D eigenvalue weighted by molar-refractivity contribution is 0.199. The van der Waals surface area contributed by atoms with Gasteiger partial charge in [-0.2, -0.15) is 0 Å². The first-order valence-electron chi connectivity index (χ1n) is 6.38. The Morgan fingerprint density at radius 3 is 2.65 bits per heavy atom. The summed E-state index contributed by atoms with van der Waals surface area (Å²) < 4.78 is 6.89. The average Bonchev–Trinajstić information content (AvgIpc) is 2.86. The third kappa shape index (κ3) is 3.46. The fraction of sp³-hybridized carbons (Fsp3) is 0.571. The summed E-state index contributed by atoms with van der Waals surface area (Å²) in [5, 5.41) is 0. The Hall–Kier alpha value is -0.540. The molecule has 17 heavy (non-hydrogen) atoms. The van der Waals surface area contributed by atoms with Crippen LogP contribution in [0.4, 0.5) is 0 Å². The summed E-state index contributed by atoms with van der Waals surface area (Å²) in [5.41, 5.74) is 5.86. The maximum Gasteiger partial charge on any atom is 0.133 e. The molecular formula is C14H20BrNO. The molecule has 2 N–H and O–H groups in total. The van der Waals surface area contributed by atoms with Crippen molar-refractivity contribution in [2.45, 2.75) is 25.7 Å². The molecule has 94 valence electrons. The van der Waals surface area contributed by atoms with Gasteiger partial charge in [-0.3, -0.25) is 0 Å². The Bertz CT molecular complexity index is 350. The van der Waals surface area contributed by atoms with E-state index in [9.17, 15) is 0 Å². The molecule has 0 radical (unpaired) electrons. The smallest absolute Gasteiger partial charge is 0.133 e. The van der Waals surface area contributed by atoms with E-state index in [1.807, 2.05) is 24.3 Å². The first-order chi connectivity index (χ1) is 8.31. The van der Waals surface area contributed by atoms with Gasteiger partial charge in [0.1, 0.15) is 5.75 Å². The van der Waals surface area contributed by atoms with E-state index in [1.165, 1.54) is 25.7 Å². The van der Waals surface area contributed by atoms with Crippen LogP contribution in [0.25, 0.3) is 0 Å². The van der Waals surface area contributed by atoms with Gasteiger partial charge in [0, 0.05) is 5.92 Å². The zero-order valence-corrected chi connectivity index (χ0v) is 11.7. The van der Waals surface area contributed by atoms with Crippen molar-refractivity contribution in [2.24, 2.45) is 17.6 Å². The van der Waals surface area contributed by atoms with E-state index >= 15 is 0 Å². The van der Waals surface area contributed by atoms with Crippen molar-refractivity contribution in [3.63, 3.8) is 0 Å². The van der Waals surface area contributed by atoms with Crippen molar-refractivity contribution in [1.29, 1.82) is 0 Å². The van der Waals surface area contributed by atoms with Gasteiger partial charge in [0.25, 0.3) is 0 Å². The molecule has 1 aliphatic rings. The van der Waals surface area contributed by atoms with Crippen molar-refractivity contribution in [3.8, 4) is 5.75 Å². The second-order valence-electron chi connectivity index (χ2n) is 4.78. The van der Waals surface area contributed by atoms with Gasteiger partial charge >= 0.3 is 0 Å². The molecule has 0 bridgehead atoms. The number of para-hydroxylation sites is 1. The molecule has 1 aromatic rings. The van der Waals surface area contributed by atoms with Crippen LogP contribution in [0.15, 0.2) is 28.7 Å². The zero-order valence-electron chi connectivity index (χ0n) is 10.1. The molecule has 2 nitrogen and oxygen atoms in total. The number of rotatable bonds is 5. The largest absolute Gasteiger partial charge is 0.492 e. The summed E-state index contributed by atoms with van der Waals surface area (Å²) in [7, 11) is 0. The topological polar surface area (TPSA) is 35.2 Å². The van der Waals surface area contributed by atoms with Crippen LogP contribution in [-0.2, 0) is 0 Å². The van der Waals surface area contributed by atoms with Crippen LogP contribution in [0.1, 0.15) is 25.7 Å². The van der Waals surface area contributed by atoms with Crippen LogP contribution < -0.4 is 10.5 Å². The van der Waals surface area contributed by atoms with Crippen LogP contribution >= 0.6 is 15.9 Å². The molecule has 0 heterocycles. The maximum absolute atomic E-state index is 5.88. The van der Waals surface area contributed by atoms with Crippen LogP contribution in [0, 0.1) is 11.8 Å². The standard InChI is InChI=1S/C14H20BrNO/c15-13-7-3-4-8-14(13)17-10-12(9-16)11-5-1-2-6-11/h3-4,7-8,11-12H,1-2,5-6,9-10,16H2. The Morgan fingerprint density at radius 2 is 2.00 bits per heavy atom. The van der Waals surface area contributed by atoms with E-state index in [4.69, 9.17) is 10.5 Å². The predicted molar refractivity (Wildman–Crippen MR) is 74.1 cm³/mol. The summed E-state index contributed by atoms with van der Waals surface area (Å²) in [4.78, 5) is 0. The van der Waals surface area contributed by atoms with Crippen molar-refractivity contribution in [3.05, 3.63) is 28.7 Å². The minimum absolute atomic E-state index is 0.504. The molecule has 2 rings (SSSR count). The quantitative estimate of drug-likeness (QED) is 0.901. The van der Waals surface area contributed by atoms with Gasteiger partial charge < -0.3 is 10.5 Å². The van der Waals surface area contributed by atoms with Crippen molar-refractivity contribution in [1.82, 2.24) is 0 Å². The highest BCUT2D eigenvalue weighted by Gasteiger charge is 2.24. The fourth-order valence-electron chi connectivity index (χ4n) is 2.58. The third-order valence-corrected chi connectivity index (χ3v) is 4.31. The van der Waals surface area contributed by atoms with Gasteiger partial charge in [0.2, 0.25) is 0 Å². The highest BCUT2D eigenvalue weighted by Crippen LogP contribution is 2.32. The van der Waals surface area contributed by atoms with E-state index in [2.05, 4.69) is 15.9 Å². The first kappa shape index (κ1) is 12.9. The van der Waals surface area contributed by atoms with Crippen molar-refractivity contribution < 1.29 is 4.74 Å². The average molecular weight is 298 g/mol. The number of ether oxygens (including phenoxy) is 1. The number of benzene rings is 1. The number of nitrogens with two attached hydrogens (primary N) is 1. The summed E-state index contributed by atoms with van der Waals surface area (Å²) in [5.74, 6) is 2.19. The Balaban J connectivity index is 1.89. The maximum atomic E-state index is 5.88. The van der Waals surface area contributed by atoms with E-state index in [1.54, 1.807) is 0 Å². The van der Waals surface area contributed by atoms with E-state index in [0.717, 1.165) is 29.3 Å². The molecule has 3 heteroatoms. The molecule has 1 atom stereocenters.